The first-order valence-corrected chi connectivity index (χ1v) is 9.98. The van der Waals surface area contributed by atoms with Gasteiger partial charge in [0.25, 0.3) is 0 Å². The van der Waals surface area contributed by atoms with E-state index >= 15 is 0 Å². The van der Waals surface area contributed by atoms with E-state index in [1.807, 2.05) is 32.9 Å². The van der Waals surface area contributed by atoms with Crippen LogP contribution in [0.2, 0.25) is 0 Å². The van der Waals surface area contributed by atoms with Gasteiger partial charge in [-0.05, 0) is 48.2 Å². The third-order valence-corrected chi connectivity index (χ3v) is 6.02. The lowest BCUT2D eigenvalue weighted by Gasteiger charge is -2.21. The van der Waals surface area contributed by atoms with E-state index in [2.05, 4.69) is 5.32 Å². The lowest BCUT2D eigenvalue weighted by Crippen LogP contribution is -2.34. The lowest BCUT2D eigenvalue weighted by molar-refractivity contribution is -0.116. The molecule has 3 N–H and O–H groups in total. The van der Waals surface area contributed by atoms with Crippen molar-refractivity contribution in [2.45, 2.75) is 31.9 Å². The van der Waals surface area contributed by atoms with Gasteiger partial charge in [-0.15, -0.1) is 0 Å². The molecule has 7 heteroatoms. The number of hydrogen-bond acceptors (Lipinski definition) is 6. The van der Waals surface area contributed by atoms with Crippen molar-refractivity contribution in [2.75, 3.05) is 16.8 Å². The minimum atomic E-state index is -0.382. The zero-order valence-corrected chi connectivity index (χ0v) is 17.0. The Bertz CT molecular complexity index is 899. The molecule has 27 heavy (non-hydrogen) atoms. The molecule has 1 atom stereocenters. The summed E-state index contributed by atoms with van der Waals surface area (Å²) >= 11 is 6.79. The Hall–Kier alpha value is -2.25. The maximum Gasteiger partial charge on any atom is 0.247 e. The SMILES string of the molecule is Cc1cc(O)c(C(C)C)cc1N1C(=O)C(CNc2ccccc2O)SC1=S. The summed E-state index contributed by atoms with van der Waals surface area (Å²) < 4.78 is 0.493. The van der Waals surface area contributed by atoms with Gasteiger partial charge in [0, 0.05) is 6.54 Å². The minimum Gasteiger partial charge on any atom is -0.508 e. The number of hydrogen-bond donors (Lipinski definition) is 3. The fourth-order valence-electron chi connectivity index (χ4n) is 3.03. The third-order valence-electron chi connectivity index (χ3n) is 4.51. The molecule has 0 bridgehead atoms. The van der Waals surface area contributed by atoms with Crippen molar-refractivity contribution in [1.29, 1.82) is 0 Å². The predicted octanol–water partition coefficient (Wildman–Crippen LogP) is 4.38. The number of benzene rings is 2. The molecule has 1 fully saturated rings. The molecule has 142 valence electrons. The van der Waals surface area contributed by atoms with Crippen molar-refractivity contribution in [3.05, 3.63) is 47.5 Å². The molecule has 1 amide bonds. The predicted molar refractivity (Wildman–Crippen MR) is 115 cm³/mol. The van der Waals surface area contributed by atoms with E-state index in [4.69, 9.17) is 12.2 Å². The first kappa shape index (κ1) is 19.5. The maximum absolute atomic E-state index is 13.0. The van der Waals surface area contributed by atoms with E-state index in [0.717, 1.165) is 11.1 Å². The minimum absolute atomic E-state index is 0.101. The van der Waals surface area contributed by atoms with Crippen molar-refractivity contribution in [3.8, 4) is 11.5 Å². The van der Waals surface area contributed by atoms with Gasteiger partial charge in [-0.3, -0.25) is 9.69 Å². The molecule has 1 aliphatic rings. The van der Waals surface area contributed by atoms with Gasteiger partial charge < -0.3 is 15.5 Å². The lowest BCUT2D eigenvalue weighted by atomic mass is 9.98. The molecule has 5 nitrogen and oxygen atoms in total. The van der Waals surface area contributed by atoms with Gasteiger partial charge >= 0.3 is 0 Å². The normalized spacial score (nSPS) is 17.0. The van der Waals surface area contributed by atoms with Crippen molar-refractivity contribution in [1.82, 2.24) is 0 Å². The Labute approximate surface area is 168 Å². The Morgan fingerprint density at radius 1 is 1.22 bits per heavy atom. The number of carbonyl (C=O) groups excluding carboxylic acids is 1. The zero-order valence-electron chi connectivity index (χ0n) is 15.4. The van der Waals surface area contributed by atoms with Crippen LogP contribution in [0.5, 0.6) is 11.5 Å². The summed E-state index contributed by atoms with van der Waals surface area (Å²) in [6.07, 6.45) is 0. The number of para-hydroxylation sites is 2. The standard InChI is InChI=1S/C20H22N2O3S2/c1-11(2)13-9-15(12(3)8-17(13)24)22-19(25)18(27-20(22)26)10-21-14-6-4-5-7-16(14)23/h4-9,11,18,21,23-24H,10H2,1-3H3. The highest BCUT2D eigenvalue weighted by molar-refractivity contribution is 8.25. The summed E-state index contributed by atoms with van der Waals surface area (Å²) in [6, 6.07) is 10.4. The van der Waals surface area contributed by atoms with Crippen molar-refractivity contribution in [3.63, 3.8) is 0 Å². The summed E-state index contributed by atoms with van der Waals surface area (Å²) in [6.45, 7) is 6.19. The Balaban J connectivity index is 1.82. The van der Waals surface area contributed by atoms with Gasteiger partial charge in [0.15, 0.2) is 0 Å². The van der Waals surface area contributed by atoms with Crippen LogP contribution in [0.3, 0.4) is 0 Å². The molecule has 1 unspecified atom stereocenters. The van der Waals surface area contributed by atoms with E-state index in [-0.39, 0.29) is 28.6 Å². The number of phenols is 2. The van der Waals surface area contributed by atoms with Crippen molar-refractivity contribution < 1.29 is 15.0 Å². The second-order valence-electron chi connectivity index (χ2n) is 6.80. The summed E-state index contributed by atoms with van der Waals surface area (Å²) in [7, 11) is 0. The summed E-state index contributed by atoms with van der Waals surface area (Å²) in [5.41, 5.74) is 2.87. The average molecular weight is 403 g/mol. The molecule has 0 aromatic heterocycles. The quantitative estimate of drug-likeness (QED) is 0.509. The van der Waals surface area contributed by atoms with Crippen molar-refractivity contribution >= 4 is 45.6 Å². The van der Waals surface area contributed by atoms with Gasteiger partial charge in [0.1, 0.15) is 21.1 Å². The fraction of sp³-hybridized carbons (Fsp3) is 0.300. The summed E-state index contributed by atoms with van der Waals surface area (Å²) in [5.74, 6) is 0.399. The van der Waals surface area contributed by atoms with E-state index in [0.29, 0.717) is 22.2 Å². The maximum atomic E-state index is 13.0. The molecule has 0 saturated carbocycles. The van der Waals surface area contributed by atoms with Crippen LogP contribution in [0.15, 0.2) is 36.4 Å². The van der Waals surface area contributed by atoms with Gasteiger partial charge in [0.2, 0.25) is 5.91 Å². The topological polar surface area (TPSA) is 72.8 Å². The molecule has 0 radical (unpaired) electrons. The van der Waals surface area contributed by atoms with Gasteiger partial charge in [-0.2, -0.15) is 0 Å². The highest BCUT2D eigenvalue weighted by Gasteiger charge is 2.38. The number of nitrogens with one attached hydrogen (secondary N) is 1. The number of aromatic hydroxyl groups is 2. The fourth-order valence-corrected chi connectivity index (χ4v) is 4.48. The monoisotopic (exact) mass is 402 g/mol. The molecule has 1 aliphatic heterocycles. The van der Waals surface area contributed by atoms with Crippen LogP contribution in [0.25, 0.3) is 0 Å². The molecule has 3 rings (SSSR count). The second kappa shape index (κ2) is 7.78. The third kappa shape index (κ3) is 3.89. The van der Waals surface area contributed by atoms with Crippen molar-refractivity contribution in [2.24, 2.45) is 0 Å². The smallest absolute Gasteiger partial charge is 0.247 e. The highest BCUT2D eigenvalue weighted by atomic mass is 32.2. The number of phenolic OH excluding ortho intramolecular Hbond substituents is 2. The molecular weight excluding hydrogens is 380 g/mol. The van der Waals surface area contributed by atoms with Crippen LogP contribution < -0.4 is 10.2 Å². The molecule has 2 aromatic rings. The van der Waals surface area contributed by atoms with Gasteiger partial charge in [0.05, 0.1) is 11.4 Å². The van der Waals surface area contributed by atoms with Crippen LogP contribution in [-0.2, 0) is 4.79 Å². The zero-order chi connectivity index (χ0) is 19.7. The van der Waals surface area contributed by atoms with E-state index < -0.39 is 0 Å². The number of carbonyl (C=O) groups is 1. The summed E-state index contributed by atoms with van der Waals surface area (Å²) in [4.78, 5) is 14.5. The molecule has 0 spiro atoms. The first-order chi connectivity index (χ1) is 12.8. The summed E-state index contributed by atoms with van der Waals surface area (Å²) in [5, 5.41) is 22.8. The van der Waals surface area contributed by atoms with E-state index in [1.54, 1.807) is 29.2 Å². The Kier molecular flexibility index (Phi) is 5.62. The Morgan fingerprint density at radius 2 is 1.93 bits per heavy atom. The van der Waals surface area contributed by atoms with Crippen LogP contribution in [0.1, 0.15) is 30.9 Å². The molecule has 0 aliphatic carbocycles. The number of nitrogens with zero attached hydrogens (tertiary/aromatic N) is 1. The van der Waals surface area contributed by atoms with Crippen LogP contribution >= 0.6 is 24.0 Å². The van der Waals surface area contributed by atoms with Crippen LogP contribution in [0.4, 0.5) is 11.4 Å². The number of thioether (sulfide) groups is 1. The van der Waals surface area contributed by atoms with E-state index in [1.165, 1.54) is 11.8 Å². The van der Waals surface area contributed by atoms with Gasteiger partial charge in [-0.25, -0.2) is 0 Å². The molecule has 2 aromatic carbocycles. The van der Waals surface area contributed by atoms with Crippen LogP contribution in [-0.4, -0.2) is 32.2 Å². The molecular formula is C20H22N2O3S2. The largest absolute Gasteiger partial charge is 0.508 e. The number of rotatable bonds is 5. The number of anilines is 2. The number of amides is 1. The number of aryl methyl sites for hydroxylation is 1. The second-order valence-corrected chi connectivity index (χ2v) is 8.63. The van der Waals surface area contributed by atoms with Crippen LogP contribution in [0, 0.1) is 6.92 Å². The average Bonchev–Trinajstić information content (AvgIpc) is 2.88. The number of thiocarbonyl (C=S) groups is 1. The molecule has 1 saturated heterocycles. The van der Waals surface area contributed by atoms with E-state index in [9.17, 15) is 15.0 Å². The highest BCUT2D eigenvalue weighted by Crippen LogP contribution is 2.38. The molecule has 1 heterocycles. The Morgan fingerprint density at radius 3 is 2.59 bits per heavy atom. The first-order valence-electron chi connectivity index (χ1n) is 8.69. The van der Waals surface area contributed by atoms with Gasteiger partial charge in [-0.1, -0.05) is 50.0 Å².